The number of rotatable bonds is 6. The molecule has 0 saturated carbocycles. The summed E-state index contributed by atoms with van der Waals surface area (Å²) in [5.74, 6) is -0.863. The molecule has 0 atom stereocenters. The van der Waals surface area contributed by atoms with E-state index in [4.69, 9.17) is 0 Å². The van der Waals surface area contributed by atoms with Crippen molar-refractivity contribution in [3.63, 3.8) is 0 Å². The molecule has 0 radical (unpaired) electrons. The summed E-state index contributed by atoms with van der Waals surface area (Å²) >= 11 is 0. The zero-order chi connectivity index (χ0) is 15.6. The minimum Gasteiger partial charge on any atom is -0.313 e. The highest BCUT2D eigenvalue weighted by atomic mass is 16.2. The number of amides is 1. The first-order chi connectivity index (χ1) is 9.97. The van der Waals surface area contributed by atoms with Gasteiger partial charge in [-0.2, -0.15) is 0 Å². The Morgan fingerprint density at radius 2 is 2.00 bits per heavy atom. The SMILES string of the molecule is C=C(CNCCC)CN1C(=O)C(=O)c2ccc(C)c(C)c21. The summed E-state index contributed by atoms with van der Waals surface area (Å²) in [7, 11) is 0. The molecule has 2 rings (SSSR count). The van der Waals surface area contributed by atoms with E-state index in [9.17, 15) is 9.59 Å². The summed E-state index contributed by atoms with van der Waals surface area (Å²) in [5, 5.41) is 3.26. The fraction of sp³-hybridized carbons (Fsp3) is 0.412. The minimum absolute atomic E-state index is 0.387. The summed E-state index contributed by atoms with van der Waals surface area (Å²) in [6.07, 6.45) is 1.05. The molecule has 0 saturated heterocycles. The van der Waals surface area contributed by atoms with Gasteiger partial charge in [0.15, 0.2) is 0 Å². The second-order valence-corrected chi connectivity index (χ2v) is 5.55. The van der Waals surface area contributed by atoms with Crippen LogP contribution in [0, 0.1) is 13.8 Å². The van der Waals surface area contributed by atoms with Crippen molar-refractivity contribution in [3.8, 4) is 0 Å². The molecule has 4 nitrogen and oxygen atoms in total. The van der Waals surface area contributed by atoms with Gasteiger partial charge in [0.1, 0.15) is 0 Å². The number of nitrogens with one attached hydrogen (secondary N) is 1. The molecule has 0 fully saturated rings. The normalized spacial score (nSPS) is 13.8. The lowest BCUT2D eigenvalue weighted by Gasteiger charge is -2.21. The van der Waals surface area contributed by atoms with Crippen molar-refractivity contribution >= 4 is 17.4 Å². The van der Waals surface area contributed by atoms with Crippen LogP contribution in [0.1, 0.15) is 34.8 Å². The molecule has 1 amide bonds. The first kappa shape index (κ1) is 15.4. The zero-order valence-electron chi connectivity index (χ0n) is 13.0. The van der Waals surface area contributed by atoms with E-state index in [0.29, 0.717) is 18.7 Å². The molecule has 4 heteroatoms. The van der Waals surface area contributed by atoms with Crippen molar-refractivity contribution in [3.05, 3.63) is 41.0 Å². The number of anilines is 1. The van der Waals surface area contributed by atoms with E-state index in [-0.39, 0.29) is 0 Å². The molecule has 1 aliphatic rings. The lowest BCUT2D eigenvalue weighted by molar-refractivity contribution is -0.114. The fourth-order valence-electron chi connectivity index (χ4n) is 2.54. The highest BCUT2D eigenvalue weighted by Gasteiger charge is 2.37. The van der Waals surface area contributed by atoms with E-state index in [1.165, 1.54) is 0 Å². The van der Waals surface area contributed by atoms with Crippen LogP contribution in [-0.4, -0.2) is 31.3 Å². The number of nitrogens with zero attached hydrogens (tertiary/aromatic N) is 1. The lowest BCUT2D eigenvalue weighted by Crippen LogP contribution is -2.34. The van der Waals surface area contributed by atoms with Crippen LogP contribution >= 0.6 is 0 Å². The fourth-order valence-corrected chi connectivity index (χ4v) is 2.54. The number of fused-ring (bicyclic) bond motifs is 1. The molecule has 0 unspecified atom stereocenters. The summed E-state index contributed by atoms with van der Waals surface area (Å²) in [6.45, 7) is 12.0. The number of benzene rings is 1. The van der Waals surface area contributed by atoms with Crippen LogP contribution in [0.5, 0.6) is 0 Å². The third-order valence-electron chi connectivity index (χ3n) is 3.84. The molecule has 1 aliphatic heterocycles. The Morgan fingerprint density at radius 1 is 1.29 bits per heavy atom. The Kier molecular flexibility index (Phi) is 4.58. The summed E-state index contributed by atoms with van der Waals surface area (Å²) in [5.41, 5.74) is 4.23. The van der Waals surface area contributed by atoms with Gasteiger partial charge in [0.2, 0.25) is 0 Å². The predicted octanol–water partition coefficient (Wildman–Crippen LogP) is 2.39. The Balaban J connectivity index is 2.22. The standard InChI is InChI=1S/C17H22N2O2/c1-5-8-18-9-11(2)10-19-15-13(4)12(3)6-7-14(15)16(20)17(19)21/h6-7,18H,2,5,8-10H2,1,3-4H3. The molecular weight excluding hydrogens is 264 g/mol. The van der Waals surface area contributed by atoms with Gasteiger partial charge in [-0.05, 0) is 49.6 Å². The van der Waals surface area contributed by atoms with E-state index in [1.807, 2.05) is 19.9 Å². The Labute approximate surface area is 125 Å². The first-order valence-corrected chi connectivity index (χ1v) is 7.31. The van der Waals surface area contributed by atoms with E-state index in [0.717, 1.165) is 35.4 Å². The molecule has 0 aromatic heterocycles. The Morgan fingerprint density at radius 3 is 2.67 bits per heavy atom. The Hall–Kier alpha value is -1.94. The maximum absolute atomic E-state index is 12.2. The van der Waals surface area contributed by atoms with Crippen molar-refractivity contribution < 1.29 is 9.59 Å². The minimum atomic E-state index is -0.449. The molecule has 0 spiro atoms. The number of ketones is 1. The van der Waals surface area contributed by atoms with Crippen LogP contribution in [0.2, 0.25) is 0 Å². The number of carbonyl (C=O) groups excluding carboxylic acids is 2. The van der Waals surface area contributed by atoms with E-state index in [2.05, 4.69) is 18.8 Å². The van der Waals surface area contributed by atoms with Crippen molar-refractivity contribution in [2.45, 2.75) is 27.2 Å². The van der Waals surface area contributed by atoms with Crippen LogP contribution < -0.4 is 10.2 Å². The third-order valence-corrected chi connectivity index (χ3v) is 3.84. The molecule has 1 aromatic rings. The highest BCUT2D eigenvalue weighted by Crippen LogP contribution is 2.34. The van der Waals surface area contributed by atoms with Gasteiger partial charge in [-0.15, -0.1) is 0 Å². The van der Waals surface area contributed by atoms with Crippen LogP contribution in [0.25, 0.3) is 0 Å². The van der Waals surface area contributed by atoms with Gasteiger partial charge >= 0.3 is 0 Å². The van der Waals surface area contributed by atoms with Gasteiger partial charge < -0.3 is 10.2 Å². The molecule has 21 heavy (non-hydrogen) atoms. The van der Waals surface area contributed by atoms with Crippen LogP contribution in [0.4, 0.5) is 5.69 Å². The molecule has 0 bridgehead atoms. The number of hydrogen-bond donors (Lipinski definition) is 1. The van der Waals surface area contributed by atoms with Crippen molar-refractivity contribution in [2.24, 2.45) is 0 Å². The predicted molar refractivity (Wildman–Crippen MR) is 84.9 cm³/mol. The maximum Gasteiger partial charge on any atom is 0.299 e. The van der Waals surface area contributed by atoms with Crippen molar-refractivity contribution in [2.75, 3.05) is 24.5 Å². The molecule has 0 aliphatic carbocycles. The van der Waals surface area contributed by atoms with E-state index >= 15 is 0 Å². The van der Waals surface area contributed by atoms with Crippen LogP contribution in [0.15, 0.2) is 24.3 Å². The first-order valence-electron chi connectivity index (χ1n) is 7.31. The second-order valence-electron chi connectivity index (χ2n) is 5.55. The molecule has 1 N–H and O–H groups in total. The van der Waals surface area contributed by atoms with Gasteiger partial charge in [0, 0.05) is 13.1 Å². The van der Waals surface area contributed by atoms with Gasteiger partial charge in [0.25, 0.3) is 11.7 Å². The van der Waals surface area contributed by atoms with Crippen LogP contribution in [0.3, 0.4) is 0 Å². The molecule has 112 valence electrons. The molecular formula is C17H22N2O2. The number of carbonyl (C=O) groups is 2. The monoisotopic (exact) mass is 286 g/mol. The van der Waals surface area contributed by atoms with Crippen LogP contribution in [-0.2, 0) is 4.79 Å². The smallest absolute Gasteiger partial charge is 0.299 e. The Bertz CT molecular complexity index is 605. The maximum atomic E-state index is 12.2. The number of aryl methyl sites for hydroxylation is 1. The summed E-state index contributed by atoms with van der Waals surface area (Å²) in [4.78, 5) is 25.8. The molecule has 1 aromatic carbocycles. The summed E-state index contributed by atoms with van der Waals surface area (Å²) < 4.78 is 0. The summed E-state index contributed by atoms with van der Waals surface area (Å²) in [6, 6.07) is 3.64. The average Bonchev–Trinajstić information content (AvgIpc) is 2.69. The van der Waals surface area contributed by atoms with Gasteiger partial charge in [-0.1, -0.05) is 19.6 Å². The van der Waals surface area contributed by atoms with Crippen molar-refractivity contribution in [1.82, 2.24) is 5.32 Å². The highest BCUT2D eigenvalue weighted by molar-refractivity contribution is 6.52. The lowest BCUT2D eigenvalue weighted by atomic mass is 10.0. The second kappa shape index (κ2) is 6.22. The van der Waals surface area contributed by atoms with Gasteiger partial charge in [-0.25, -0.2) is 0 Å². The zero-order valence-corrected chi connectivity index (χ0v) is 13.0. The largest absolute Gasteiger partial charge is 0.313 e. The van der Waals surface area contributed by atoms with Gasteiger partial charge in [-0.3, -0.25) is 9.59 Å². The molecule has 1 heterocycles. The topological polar surface area (TPSA) is 49.4 Å². The third kappa shape index (κ3) is 2.90. The van der Waals surface area contributed by atoms with Crippen molar-refractivity contribution in [1.29, 1.82) is 0 Å². The quantitative estimate of drug-likeness (QED) is 0.496. The number of hydrogen-bond acceptors (Lipinski definition) is 3. The van der Waals surface area contributed by atoms with E-state index < -0.39 is 11.7 Å². The average molecular weight is 286 g/mol. The number of Topliss-reactive ketones (excluding diaryl/α,β-unsaturated/α-hetero) is 1. The van der Waals surface area contributed by atoms with Gasteiger partial charge in [0.05, 0.1) is 11.3 Å². The van der Waals surface area contributed by atoms with E-state index in [1.54, 1.807) is 11.0 Å².